The van der Waals surface area contributed by atoms with Gasteiger partial charge in [-0.2, -0.15) is 0 Å². The average molecular weight is 373 g/mol. The topological polar surface area (TPSA) is 91.7 Å². The third kappa shape index (κ3) is 4.66. The van der Waals surface area contributed by atoms with Gasteiger partial charge in [-0.1, -0.05) is 18.2 Å². The molecule has 0 saturated carbocycles. The Labute approximate surface area is 155 Å². The largest absolute Gasteiger partial charge is 0.467 e. The molecule has 0 radical (unpaired) electrons. The fraction of sp³-hybridized carbons (Fsp3) is 0.278. The van der Waals surface area contributed by atoms with Crippen molar-refractivity contribution in [3.8, 4) is 0 Å². The summed E-state index contributed by atoms with van der Waals surface area (Å²) in [4.78, 5) is 38.5. The van der Waals surface area contributed by atoms with E-state index in [-0.39, 0.29) is 18.9 Å². The van der Waals surface area contributed by atoms with Crippen molar-refractivity contribution in [2.45, 2.75) is 23.9 Å². The molecule has 1 fully saturated rings. The summed E-state index contributed by atoms with van der Waals surface area (Å²) >= 11 is 1.64. The number of nitrogens with zero attached hydrogens (tertiary/aromatic N) is 1. The summed E-state index contributed by atoms with van der Waals surface area (Å²) < 4.78 is 5.15. The number of hydrogen-bond acceptors (Lipinski definition) is 5. The zero-order valence-corrected chi connectivity index (χ0v) is 14.8. The highest BCUT2D eigenvalue weighted by molar-refractivity contribution is 7.99. The molecule has 2 N–H and O–H groups in total. The van der Waals surface area contributed by atoms with Gasteiger partial charge in [-0.05, 0) is 24.3 Å². The number of furan rings is 1. The van der Waals surface area contributed by atoms with Gasteiger partial charge in [0.25, 0.3) is 5.91 Å². The standard InChI is InChI=1S/C18H19N3O4S/c22-16(19-8-10-26-14-6-2-1-3-7-14)11-15-17(23)21(18(24)20-15)12-13-5-4-9-25-13/h1-7,9,15H,8,10-12H2,(H,19,22)(H,20,24). The predicted molar refractivity (Wildman–Crippen MR) is 96.4 cm³/mol. The number of benzene rings is 1. The number of carbonyl (C=O) groups is 3. The number of nitrogens with one attached hydrogen (secondary N) is 2. The van der Waals surface area contributed by atoms with E-state index in [2.05, 4.69) is 10.6 Å². The molecule has 3 rings (SSSR count). The van der Waals surface area contributed by atoms with Crippen molar-refractivity contribution in [3.63, 3.8) is 0 Å². The maximum absolute atomic E-state index is 12.3. The van der Waals surface area contributed by atoms with Gasteiger partial charge in [0.05, 0.1) is 19.2 Å². The zero-order valence-electron chi connectivity index (χ0n) is 14.0. The minimum Gasteiger partial charge on any atom is -0.467 e. The van der Waals surface area contributed by atoms with Crippen molar-refractivity contribution in [3.05, 3.63) is 54.5 Å². The fourth-order valence-corrected chi connectivity index (χ4v) is 3.35. The Morgan fingerprint density at radius 3 is 2.73 bits per heavy atom. The Morgan fingerprint density at radius 2 is 2.00 bits per heavy atom. The van der Waals surface area contributed by atoms with E-state index in [1.807, 2.05) is 30.3 Å². The molecular formula is C18H19N3O4S. The monoisotopic (exact) mass is 373 g/mol. The smallest absolute Gasteiger partial charge is 0.325 e. The third-order valence-electron chi connectivity index (χ3n) is 3.83. The van der Waals surface area contributed by atoms with E-state index in [1.165, 1.54) is 6.26 Å². The van der Waals surface area contributed by atoms with Crippen molar-refractivity contribution in [1.29, 1.82) is 0 Å². The molecule has 0 spiro atoms. The molecule has 1 unspecified atom stereocenters. The van der Waals surface area contributed by atoms with E-state index >= 15 is 0 Å². The van der Waals surface area contributed by atoms with E-state index in [0.29, 0.717) is 12.3 Å². The molecule has 8 heteroatoms. The van der Waals surface area contributed by atoms with E-state index in [4.69, 9.17) is 4.42 Å². The first-order valence-corrected chi connectivity index (χ1v) is 9.21. The maximum Gasteiger partial charge on any atom is 0.325 e. The predicted octanol–water partition coefficient (Wildman–Crippen LogP) is 2.00. The van der Waals surface area contributed by atoms with Gasteiger partial charge >= 0.3 is 6.03 Å². The first-order chi connectivity index (χ1) is 12.6. The Hall–Kier alpha value is -2.74. The van der Waals surface area contributed by atoms with Crippen molar-refractivity contribution in [1.82, 2.24) is 15.5 Å². The van der Waals surface area contributed by atoms with E-state index in [9.17, 15) is 14.4 Å². The molecule has 2 aromatic rings. The number of imide groups is 1. The Bertz CT molecular complexity index is 764. The van der Waals surface area contributed by atoms with Crippen molar-refractivity contribution in [2.24, 2.45) is 0 Å². The first-order valence-electron chi connectivity index (χ1n) is 8.22. The summed E-state index contributed by atoms with van der Waals surface area (Å²) in [6.07, 6.45) is 1.40. The molecule has 26 heavy (non-hydrogen) atoms. The molecule has 7 nitrogen and oxygen atoms in total. The molecule has 1 aliphatic heterocycles. The van der Waals surface area contributed by atoms with Crippen LogP contribution in [0.1, 0.15) is 12.2 Å². The summed E-state index contributed by atoms with van der Waals surface area (Å²) in [5.74, 6) is 0.555. The number of hydrogen-bond donors (Lipinski definition) is 2. The molecule has 0 aliphatic carbocycles. The quantitative estimate of drug-likeness (QED) is 0.419. The zero-order chi connectivity index (χ0) is 18.4. The molecule has 4 amide bonds. The van der Waals surface area contributed by atoms with Gasteiger partial charge in [-0.15, -0.1) is 11.8 Å². The maximum atomic E-state index is 12.3. The van der Waals surface area contributed by atoms with Crippen LogP contribution in [0.15, 0.2) is 58.0 Å². The normalized spacial score (nSPS) is 16.6. The average Bonchev–Trinajstić information content (AvgIpc) is 3.24. The fourth-order valence-electron chi connectivity index (χ4n) is 2.56. The number of carbonyl (C=O) groups excluding carboxylic acids is 3. The highest BCUT2D eigenvalue weighted by Gasteiger charge is 2.39. The van der Waals surface area contributed by atoms with Gasteiger partial charge in [0.1, 0.15) is 11.8 Å². The Morgan fingerprint density at radius 1 is 1.19 bits per heavy atom. The summed E-state index contributed by atoms with van der Waals surface area (Å²) in [5.41, 5.74) is 0. The lowest BCUT2D eigenvalue weighted by atomic mass is 10.2. The van der Waals surface area contributed by atoms with Crippen LogP contribution in [-0.4, -0.2) is 41.1 Å². The Kier molecular flexibility index (Phi) is 5.96. The van der Waals surface area contributed by atoms with Gasteiger partial charge in [-0.3, -0.25) is 14.5 Å². The lowest BCUT2D eigenvalue weighted by Crippen LogP contribution is -2.37. The van der Waals surface area contributed by atoms with Crippen LogP contribution in [0.3, 0.4) is 0 Å². The molecule has 0 bridgehead atoms. The van der Waals surface area contributed by atoms with Gasteiger partial charge in [-0.25, -0.2) is 4.79 Å². The number of rotatable bonds is 8. The second-order valence-corrected chi connectivity index (χ2v) is 6.89. The van der Waals surface area contributed by atoms with Gasteiger partial charge in [0.2, 0.25) is 5.91 Å². The second kappa shape index (κ2) is 8.57. The van der Waals surface area contributed by atoms with E-state index < -0.39 is 18.0 Å². The molecule has 1 aliphatic rings. The lowest BCUT2D eigenvalue weighted by molar-refractivity contribution is -0.131. The molecule has 1 saturated heterocycles. The number of thioether (sulfide) groups is 1. The number of amides is 4. The van der Waals surface area contributed by atoms with Gasteiger partial charge < -0.3 is 15.1 Å². The molecule has 1 aromatic carbocycles. The molecule has 1 atom stereocenters. The van der Waals surface area contributed by atoms with Crippen LogP contribution in [0.4, 0.5) is 4.79 Å². The molecule has 1 aromatic heterocycles. The van der Waals surface area contributed by atoms with Gasteiger partial charge in [0.15, 0.2) is 0 Å². The Balaban J connectivity index is 1.41. The second-order valence-electron chi connectivity index (χ2n) is 5.72. The third-order valence-corrected chi connectivity index (χ3v) is 4.84. The summed E-state index contributed by atoms with van der Waals surface area (Å²) in [6, 6.07) is 11.9. The van der Waals surface area contributed by atoms with Crippen LogP contribution in [0.5, 0.6) is 0 Å². The molecule has 136 valence electrons. The minimum absolute atomic E-state index is 0.0590. The summed E-state index contributed by atoms with van der Waals surface area (Å²) in [6.45, 7) is 0.548. The van der Waals surface area contributed by atoms with E-state index in [0.717, 1.165) is 15.5 Å². The van der Waals surface area contributed by atoms with Crippen molar-refractivity contribution >= 4 is 29.6 Å². The molecular weight excluding hydrogens is 354 g/mol. The van der Waals surface area contributed by atoms with E-state index in [1.54, 1.807) is 23.9 Å². The summed E-state index contributed by atoms with van der Waals surface area (Å²) in [5, 5.41) is 5.32. The van der Waals surface area contributed by atoms with Crippen LogP contribution < -0.4 is 10.6 Å². The van der Waals surface area contributed by atoms with Crippen molar-refractivity contribution in [2.75, 3.05) is 12.3 Å². The minimum atomic E-state index is -0.834. The van der Waals surface area contributed by atoms with Crippen molar-refractivity contribution < 1.29 is 18.8 Å². The highest BCUT2D eigenvalue weighted by Crippen LogP contribution is 2.16. The van der Waals surface area contributed by atoms with Crippen LogP contribution in [0.2, 0.25) is 0 Å². The van der Waals surface area contributed by atoms with Crippen LogP contribution >= 0.6 is 11.8 Å². The highest BCUT2D eigenvalue weighted by atomic mass is 32.2. The number of urea groups is 1. The van der Waals surface area contributed by atoms with Crippen LogP contribution in [0, 0.1) is 0 Å². The lowest BCUT2D eigenvalue weighted by Gasteiger charge is -2.11. The van der Waals surface area contributed by atoms with Crippen LogP contribution in [-0.2, 0) is 16.1 Å². The van der Waals surface area contributed by atoms with Crippen LogP contribution in [0.25, 0.3) is 0 Å². The first kappa shape index (κ1) is 18.1. The SMILES string of the molecule is O=C(CC1NC(=O)N(Cc2ccco2)C1=O)NCCSc1ccccc1. The molecule has 2 heterocycles. The van der Waals surface area contributed by atoms with Gasteiger partial charge in [0, 0.05) is 17.2 Å². The summed E-state index contributed by atoms with van der Waals surface area (Å²) in [7, 11) is 0.